The molecule has 0 heterocycles. The molecule has 0 aromatic heterocycles. The van der Waals surface area contributed by atoms with Crippen LogP contribution in [0, 0.1) is 0 Å². The van der Waals surface area contributed by atoms with Crippen LogP contribution in [-0.2, 0) is 0 Å². The Morgan fingerprint density at radius 1 is 1.14 bits per heavy atom. The third-order valence-corrected chi connectivity index (χ3v) is 4.30. The molecule has 0 amide bonds. The van der Waals surface area contributed by atoms with Crippen molar-refractivity contribution in [2.75, 3.05) is 6.16 Å². The van der Waals surface area contributed by atoms with Gasteiger partial charge in [0, 0.05) is 0 Å². The third-order valence-electron chi connectivity index (χ3n) is 0.478. The molecule has 0 bridgehead atoms. The number of hydrogen-bond acceptors (Lipinski definition) is 0. The topological polar surface area (TPSA) is 0 Å². The molecule has 0 aromatic rings. The SMILES string of the molecule is CCP(Cl)(Cl)(Cl)Cl. The van der Waals surface area contributed by atoms with Gasteiger partial charge in [-0.25, -0.2) is 0 Å². The van der Waals surface area contributed by atoms with E-state index in [-0.39, 0.29) is 0 Å². The van der Waals surface area contributed by atoms with E-state index < -0.39 is 4.01 Å². The second-order valence-electron chi connectivity index (χ2n) is 1.18. The van der Waals surface area contributed by atoms with Crippen molar-refractivity contribution in [1.82, 2.24) is 0 Å². The van der Waals surface area contributed by atoms with Gasteiger partial charge in [-0.3, -0.25) is 0 Å². The van der Waals surface area contributed by atoms with Gasteiger partial charge in [-0.2, -0.15) is 0 Å². The van der Waals surface area contributed by atoms with Gasteiger partial charge in [-0.1, -0.05) is 0 Å². The van der Waals surface area contributed by atoms with Crippen LogP contribution in [0.1, 0.15) is 6.92 Å². The molecule has 0 aliphatic rings. The van der Waals surface area contributed by atoms with Crippen LogP contribution in [-0.4, -0.2) is 6.16 Å². The Hall–Kier alpha value is 1.59. The minimum absolute atomic E-state index is 0.428. The van der Waals surface area contributed by atoms with Crippen molar-refractivity contribution in [3.05, 3.63) is 0 Å². The summed E-state index contributed by atoms with van der Waals surface area (Å²) in [7, 11) is 0. The fourth-order valence-electron chi connectivity index (χ4n) is 0. The van der Waals surface area contributed by atoms with Crippen molar-refractivity contribution in [1.29, 1.82) is 0 Å². The van der Waals surface area contributed by atoms with E-state index in [0.717, 1.165) is 0 Å². The molecule has 0 atom stereocenters. The molecule has 0 aromatic carbocycles. The van der Waals surface area contributed by atoms with Gasteiger partial charge in [0.1, 0.15) is 0 Å². The molecule has 0 N–H and O–H groups in total. The zero-order chi connectivity index (χ0) is 6.15. The summed E-state index contributed by atoms with van der Waals surface area (Å²) in [4.78, 5) is 0. The monoisotopic (exact) mass is 200 g/mol. The normalized spacial score (nSPS) is 18.1. The summed E-state index contributed by atoms with van der Waals surface area (Å²) in [6.45, 7) is 1.75. The molecule has 0 unspecified atom stereocenters. The molecule has 0 nitrogen and oxygen atoms in total. The predicted octanol–water partition coefficient (Wildman–Crippen LogP) is 4.17. The van der Waals surface area contributed by atoms with Crippen LogP contribution in [0.4, 0.5) is 0 Å². The van der Waals surface area contributed by atoms with Gasteiger partial charge >= 0.3 is 62.1 Å². The number of rotatable bonds is 1. The third kappa shape index (κ3) is 7.59. The van der Waals surface area contributed by atoms with Crippen LogP contribution < -0.4 is 0 Å². The first-order valence-electron chi connectivity index (χ1n) is 1.70. The van der Waals surface area contributed by atoms with Crippen LogP contribution in [0.3, 0.4) is 0 Å². The van der Waals surface area contributed by atoms with E-state index in [1.54, 1.807) is 6.92 Å². The van der Waals surface area contributed by atoms with Crippen LogP contribution in [0.15, 0.2) is 0 Å². The van der Waals surface area contributed by atoms with E-state index >= 15 is 0 Å². The van der Waals surface area contributed by atoms with Gasteiger partial charge in [-0.15, -0.1) is 0 Å². The maximum atomic E-state index is 5.40. The molecule has 5 heteroatoms. The van der Waals surface area contributed by atoms with E-state index in [1.165, 1.54) is 0 Å². The molecular formula is C2H5Cl4P. The first-order chi connectivity index (χ1) is 2.81. The molecule has 0 rings (SSSR count). The molecule has 0 aliphatic heterocycles. The first kappa shape index (κ1) is 8.59. The minimum atomic E-state index is -3.19. The standard InChI is InChI=1S/C2H5Cl4P/c1-2-7(3,4,5)6/h2H2,1H3. The van der Waals surface area contributed by atoms with E-state index in [4.69, 9.17) is 45.0 Å². The summed E-state index contributed by atoms with van der Waals surface area (Å²) in [6, 6.07) is 0. The van der Waals surface area contributed by atoms with Gasteiger partial charge in [0.05, 0.1) is 0 Å². The average molecular weight is 202 g/mol. The van der Waals surface area contributed by atoms with E-state index in [1.807, 2.05) is 0 Å². The number of halogens is 4. The van der Waals surface area contributed by atoms with Crippen molar-refractivity contribution in [3.63, 3.8) is 0 Å². The van der Waals surface area contributed by atoms with Gasteiger partial charge in [-0.05, 0) is 0 Å². The molecule has 0 aliphatic carbocycles. The summed E-state index contributed by atoms with van der Waals surface area (Å²) in [6.07, 6.45) is 0.428. The molecule has 0 radical (unpaired) electrons. The van der Waals surface area contributed by atoms with Crippen molar-refractivity contribution >= 4 is 49.0 Å². The van der Waals surface area contributed by atoms with Gasteiger partial charge < -0.3 is 0 Å². The van der Waals surface area contributed by atoms with Crippen LogP contribution >= 0.6 is 49.0 Å². The van der Waals surface area contributed by atoms with Gasteiger partial charge in [0.2, 0.25) is 0 Å². The quantitative estimate of drug-likeness (QED) is 0.559. The Labute approximate surface area is 62.2 Å². The Bertz CT molecular complexity index is 62.2. The van der Waals surface area contributed by atoms with Crippen molar-refractivity contribution < 1.29 is 0 Å². The molecule has 0 spiro atoms. The summed E-state index contributed by atoms with van der Waals surface area (Å²) in [5.41, 5.74) is 0. The Morgan fingerprint density at radius 3 is 1.29 bits per heavy atom. The van der Waals surface area contributed by atoms with Crippen molar-refractivity contribution in [2.24, 2.45) is 0 Å². The summed E-state index contributed by atoms with van der Waals surface area (Å²) in [5, 5.41) is 0. The molecule has 7 heavy (non-hydrogen) atoms. The molecule has 0 saturated carbocycles. The first-order valence-corrected chi connectivity index (χ1v) is 7.74. The summed E-state index contributed by atoms with van der Waals surface area (Å²) >= 11 is 21.6. The number of hydrogen-bond donors (Lipinski definition) is 0. The van der Waals surface area contributed by atoms with Crippen LogP contribution in [0.5, 0.6) is 0 Å². The van der Waals surface area contributed by atoms with E-state index in [9.17, 15) is 0 Å². The zero-order valence-electron chi connectivity index (χ0n) is 3.67. The van der Waals surface area contributed by atoms with Gasteiger partial charge in [0.25, 0.3) is 0 Å². The van der Waals surface area contributed by atoms with Crippen molar-refractivity contribution in [3.8, 4) is 0 Å². The Balaban J connectivity index is 3.83. The maximum absolute atomic E-state index is 5.40. The molecule has 46 valence electrons. The molecule has 0 fully saturated rings. The van der Waals surface area contributed by atoms with Crippen LogP contribution in [0.2, 0.25) is 0 Å². The predicted molar refractivity (Wildman–Crippen MR) is 40.9 cm³/mol. The Morgan fingerprint density at radius 2 is 1.29 bits per heavy atom. The Kier molecular flexibility index (Phi) is 2.55. The molecular weight excluding hydrogens is 197 g/mol. The van der Waals surface area contributed by atoms with E-state index in [0.29, 0.717) is 6.16 Å². The second kappa shape index (κ2) is 2.08. The van der Waals surface area contributed by atoms with E-state index in [2.05, 4.69) is 0 Å². The molecule has 0 saturated heterocycles. The summed E-state index contributed by atoms with van der Waals surface area (Å²) < 4.78 is -3.19. The van der Waals surface area contributed by atoms with Gasteiger partial charge in [0.15, 0.2) is 0 Å². The summed E-state index contributed by atoms with van der Waals surface area (Å²) in [5.74, 6) is 0. The van der Waals surface area contributed by atoms with Crippen LogP contribution in [0.25, 0.3) is 0 Å². The van der Waals surface area contributed by atoms with Crippen molar-refractivity contribution in [2.45, 2.75) is 6.92 Å². The average Bonchev–Trinajstić information content (AvgIpc) is 1.32. The fourth-order valence-corrected chi connectivity index (χ4v) is 0. The second-order valence-corrected chi connectivity index (χ2v) is 15.6. The zero-order valence-corrected chi connectivity index (χ0v) is 7.58. The fraction of sp³-hybridized carbons (Fsp3) is 1.00.